The summed E-state index contributed by atoms with van der Waals surface area (Å²) < 4.78 is 5.95. The molecule has 4 nitrogen and oxygen atoms in total. The van der Waals surface area contributed by atoms with Crippen molar-refractivity contribution < 1.29 is 9.53 Å². The number of hydrogen-bond acceptors (Lipinski definition) is 3. The highest BCUT2D eigenvalue weighted by molar-refractivity contribution is 5.85. The van der Waals surface area contributed by atoms with Gasteiger partial charge in [-0.05, 0) is 52.5 Å². The molecule has 1 amide bonds. The molecule has 136 valence electrons. The van der Waals surface area contributed by atoms with Crippen LogP contribution >= 0.6 is 12.4 Å². The topological polar surface area (TPSA) is 41.6 Å². The molecule has 0 aromatic rings. The van der Waals surface area contributed by atoms with Crippen molar-refractivity contribution in [1.29, 1.82) is 0 Å². The van der Waals surface area contributed by atoms with Crippen molar-refractivity contribution in [2.45, 2.75) is 78.0 Å². The molecule has 1 aliphatic heterocycles. The van der Waals surface area contributed by atoms with Gasteiger partial charge < -0.3 is 15.0 Å². The Morgan fingerprint density at radius 3 is 2.43 bits per heavy atom. The molecule has 2 aliphatic rings. The first-order valence-corrected chi connectivity index (χ1v) is 9.11. The predicted molar refractivity (Wildman–Crippen MR) is 97.0 cm³/mol. The van der Waals surface area contributed by atoms with E-state index in [1.165, 1.54) is 0 Å². The maximum absolute atomic E-state index is 12.9. The van der Waals surface area contributed by atoms with E-state index in [1.54, 1.807) is 0 Å². The van der Waals surface area contributed by atoms with Crippen molar-refractivity contribution in [2.24, 2.45) is 11.3 Å². The van der Waals surface area contributed by atoms with Crippen molar-refractivity contribution in [2.75, 3.05) is 20.2 Å². The number of nitrogens with one attached hydrogen (secondary N) is 1. The highest BCUT2D eigenvalue weighted by Crippen LogP contribution is 2.51. The third-order valence-electron chi connectivity index (χ3n) is 6.21. The fraction of sp³-hybridized carbons (Fsp3) is 0.944. The van der Waals surface area contributed by atoms with Gasteiger partial charge in [-0.1, -0.05) is 13.8 Å². The Morgan fingerprint density at radius 1 is 1.26 bits per heavy atom. The van der Waals surface area contributed by atoms with Gasteiger partial charge in [-0.2, -0.15) is 0 Å². The van der Waals surface area contributed by atoms with Crippen LogP contribution in [0, 0.1) is 11.3 Å². The van der Waals surface area contributed by atoms with Gasteiger partial charge in [0.15, 0.2) is 0 Å². The molecular formula is C18H35ClN2O2. The lowest BCUT2D eigenvalue weighted by molar-refractivity contribution is -0.179. The van der Waals surface area contributed by atoms with Crippen LogP contribution in [0.4, 0.5) is 0 Å². The molecule has 1 N–H and O–H groups in total. The van der Waals surface area contributed by atoms with Crippen LogP contribution in [0.3, 0.4) is 0 Å². The summed E-state index contributed by atoms with van der Waals surface area (Å²) in [6.07, 6.45) is 5.42. The van der Waals surface area contributed by atoms with E-state index in [-0.39, 0.29) is 23.7 Å². The third-order valence-corrected chi connectivity index (χ3v) is 6.21. The van der Waals surface area contributed by atoms with E-state index < -0.39 is 0 Å². The summed E-state index contributed by atoms with van der Waals surface area (Å²) in [6.45, 7) is 10.5. The third kappa shape index (κ3) is 3.85. The first-order chi connectivity index (χ1) is 10.5. The van der Waals surface area contributed by atoms with E-state index in [4.69, 9.17) is 4.74 Å². The van der Waals surface area contributed by atoms with Gasteiger partial charge in [0.1, 0.15) is 0 Å². The Hall–Kier alpha value is -0.320. The number of rotatable bonds is 6. The lowest BCUT2D eigenvalue weighted by atomic mass is 9.58. The first kappa shape index (κ1) is 20.7. The van der Waals surface area contributed by atoms with E-state index in [0.29, 0.717) is 24.1 Å². The summed E-state index contributed by atoms with van der Waals surface area (Å²) in [7, 11) is 2.02. The number of halogens is 1. The number of carbonyl (C=O) groups excluding carboxylic acids is 1. The zero-order valence-electron chi connectivity index (χ0n) is 15.4. The summed E-state index contributed by atoms with van der Waals surface area (Å²) in [4.78, 5) is 15.0. The van der Waals surface area contributed by atoms with Crippen molar-refractivity contribution in [3.05, 3.63) is 0 Å². The van der Waals surface area contributed by atoms with Crippen LogP contribution in [0.2, 0.25) is 0 Å². The minimum absolute atomic E-state index is 0. The molecule has 5 heteroatoms. The molecule has 4 atom stereocenters. The van der Waals surface area contributed by atoms with Gasteiger partial charge in [-0.15, -0.1) is 12.4 Å². The summed E-state index contributed by atoms with van der Waals surface area (Å²) in [5.74, 6) is 0.540. The molecule has 2 rings (SSSR count). The van der Waals surface area contributed by atoms with E-state index in [1.807, 2.05) is 7.05 Å². The SMILES string of the molecule is CCOC1CC(N(C)C(=O)[C@H]2CCN[C@@H](C)C2)C1(CC)CC.Cl. The molecule has 0 radical (unpaired) electrons. The zero-order chi connectivity index (χ0) is 16.3. The van der Waals surface area contributed by atoms with Crippen molar-refractivity contribution >= 4 is 18.3 Å². The molecule has 1 saturated carbocycles. The minimum atomic E-state index is 0. The molecule has 0 bridgehead atoms. The molecule has 2 fully saturated rings. The summed E-state index contributed by atoms with van der Waals surface area (Å²) in [5, 5.41) is 3.43. The van der Waals surface area contributed by atoms with Crippen LogP contribution < -0.4 is 5.32 Å². The number of carbonyl (C=O) groups is 1. The highest BCUT2D eigenvalue weighted by Gasteiger charge is 2.56. The van der Waals surface area contributed by atoms with E-state index in [9.17, 15) is 4.79 Å². The van der Waals surface area contributed by atoms with Gasteiger partial charge in [0, 0.05) is 37.1 Å². The molecular weight excluding hydrogens is 312 g/mol. The second-order valence-electron chi connectivity index (χ2n) is 7.16. The molecule has 23 heavy (non-hydrogen) atoms. The monoisotopic (exact) mass is 346 g/mol. The maximum atomic E-state index is 12.9. The smallest absolute Gasteiger partial charge is 0.225 e. The molecule has 0 spiro atoms. The summed E-state index contributed by atoms with van der Waals surface area (Å²) in [6, 6.07) is 0.799. The Balaban J connectivity index is 0.00000264. The minimum Gasteiger partial charge on any atom is -0.378 e. The second kappa shape index (κ2) is 8.68. The highest BCUT2D eigenvalue weighted by atomic mass is 35.5. The van der Waals surface area contributed by atoms with Crippen LogP contribution in [0.15, 0.2) is 0 Å². The van der Waals surface area contributed by atoms with Crippen molar-refractivity contribution in [3.63, 3.8) is 0 Å². The fourth-order valence-corrected chi connectivity index (χ4v) is 4.68. The first-order valence-electron chi connectivity index (χ1n) is 9.11. The Labute approximate surface area is 148 Å². The van der Waals surface area contributed by atoms with Crippen LogP contribution in [-0.2, 0) is 9.53 Å². The van der Waals surface area contributed by atoms with Crippen LogP contribution in [0.25, 0.3) is 0 Å². The Morgan fingerprint density at radius 2 is 1.91 bits per heavy atom. The Bertz CT molecular complexity index is 387. The standard InChI is InChI=1S/C18H34N2O2.ClH/c1-6-18(7-2)15(12-16(18)22-8-3)20(5)17(21)14-9-10-19-13(4)11-14;/h13-16,19H,6-12H2,1-5H3;1H/t13-,14-,15?,16?;/m0./s1. The van der Waals surface area contributed by atoms with Gasteiger partial charge in [0.05, 0.1) is 6.10 Å². The quantitative estimate of drug-likeness (QED) is 0.802. The number of hydrogen-bond donors (Lipinski definition) is 1. The van der Waals surface area contributed by atoms with E-state index >= 15 is 0 Å². The number of ether oxygens (including phenoxy) is 1. The summed E-state index contributed by atoms with van der Waals surface area (Å²) >= 11 is 0. The zero-order valence-corrected chi connectivity index (χ0v) is 16.2. The van der Waals surface area contributed by atoms with E-state index in [0.717, 1.165) is 45.3 Å². The number of nitrogens with zero attached hydrogens (tertiary/aromatic N) is 1. The predicted octanol–water partition coefficient (Wildman–Crippen LogP) is 3.24. The molecule has 0 aromatic heterocycles. The molecule has 0 aromatic carbocycles. The fourth-order valence-electron chi connectivity index (χ4n) is 4.68. The van der Waals surface area contributed by atoms with Crippen LogP contribution in [0.5, 0.6) is 0 Å². The normalized spacial score (nSPS) is 32.6. The Kier molecular flexibility index (Phi) is 7.82. The van der Waals surface area contributed by atoms with Gasteiger partial charge in [-0.3, -0.25) is 4.79 Å². The van der Waals surface area contributed by atoms with Gasteiger partial charge in [0.2, 0.25) is 5.91 Å². The van der Waals surface area contributed by atoms with E-state index in [2.05, 4.69) is 37.9 Å². The molecule has 2 unspecified atom stereocenters. The lowest BCUT2D eigenvalue weighted by Gasteiger charge is -2.58. The molecule has 1 heterocycles. The largest absolute Gasteiger partial charge is 0.378 e. The van der Waals surface area contributed by atoms with Gasteiger partial charge in [0.25, 0.3) is 0 Å². The van der Waals surface area contributed by atoms with Crippen LogP contribution in [0.1, 0.15) is 59.8 Å². The summed E-state index contributed by atoms with van der Waals surface area (Å²) in [5.41, 5.74) is 0.152. The average molecular weight is 347 g/mol. The number of piperidine rings is 1. The molecule has 1 aliphatic carbocycles. The van der Waals surface area contributed by atoms with Crippen molar-refractivity contribution in [3.8, 4) is 0 Å². The number of amides is 1. The lowest BCUT2D eigenvalue weighted by Crippen LogP contribution is -2.65. The molecule has 1 saturated heterocycles. The average Bonchev–Trinajstić information content (AvgIpc) is 2.51. The van der Waals surface area contributed by atoms with Gasteiger partial charge >= 0.3 is 0 Å². The maximum Gasteiger partial charge on any atom is 0.225 e. The second-order valence-corrected chi connectivity index (χ2v) is 7.16. The van der Waals surface area contributed by atoms with Crippen molar-refractivity contribution in [1.82, 2.24) is 10.2 Å². The van der Waals surface area contributed by atoms with Gasteiger partial charge in [-0.25, -0.2) is 0 Å². The van der Waals surface area contributed by atoms with Crippen LogP contribution in [-0.4, -0.2) is 49.2 Å².